The third kappa shape index (κ3) is 7.36. The molecule has 0 saturated carbocycles. The molecular weight excluding hydrogens is 428 g/mol. The summed E-state index contributed by atoms with van der Waals surface area (Å²) in [7, 11) is 2.02. The molecule has 0 aliphatic rings. The monoisotopic (exact) mass is 468 g/mol. The van der Waals surface area contributed by atoms with Gasteiger partial charge in [0.25, 0.3) is 0 Å². The Balaban J connectivity index is 1.32. The molecule has 0 heterocycles. The van der Waals surface area contributed by atoms with Crippen molar-refractivity contribution < 1.29 is 0 Å². The maximum atomic E-state index is 6.20. The van der Waals surface area contributed by atoms with Crippen LogP contribution in [0.25, 0.3) is 21.5 Å². The van der Waals surface area contributed by atoms with E-state index >= 15 is 0 Å². The van der Waals surface area contributed by atoms with Crippen molar-refractivity contribution >= 4 is 21.5 Å². The van der Waals surface area contributed by atoms with Crippen molar-refractivity contribution in [2.24, 2.45) is 5.73 Å². The summed E-state index contributed by atoms with van der Waals surface area (Å²) in [6.45, 7) is 3.57. The lowest BCUT2D eigenvalue weighted by Gasteiger charge is -2.24. The van der Waals surface area contributed by atoms with Gasteiger partial charge in [0, 0.05) is 25.2 Å². The molecule has 0 fully saturated rings. The Kier molecular flexibility index (Phi) is 9.67. The standard InChI is InChI=1S/C31H40N4/c1-33-18-7-13-29(34-19-17-24-15-16-25-8-2-3-10-27(25)20-24)23-35-30(22-32)21-28-12-6-11-26-9-4-5-14-31(26)28/h2-6,8-12,14-16,20,29-30,33-35H,7,13,17-19,21-23,32H2,1H3/t29?,30-/m0/s1. The molecule has 0 amide bonds. The Morgan fingerprint density at radius 1 is 0.743 bits per heavy atom. The predicted molar refractivity (Wildman–Crippen MR) is 151 cm³/mol. The highest BCUT2D eigenvalue weighted by molar-refractivity contribution is 5.85. The zero-order valence-electron chi connectivity index (χ0n) is 21.0. The van der Waals surface area contributed by atoms with Gasteiger partial charge in [-0.05, 0) is 78.5 Å². The van der Waals surface area contributed by atoms with Crippen molar-refractivity contribution in [3.8, 4) is 0 Å². The lowest BCUT2D eigenvalue weighted by atomic mass is 9.98. The van der Waals surface area contributed by atoms with Gasteiger partial charge in [-0.15, -0.1) is 0 Å². The summed E-state index contributed by atoms with van der Waals surface area (Å²) in [5.41, 5.74) is 8.95. The molecule has 5 N–H and O–H groups in total. The van der Waals surface area contributed by atoms with Gasteiger partial charge >= 0.3 is 0 Å². The lowest BCUT2D eigenvalue weighted by molar-refractivity contribution is 0.406. The molecule has 0 aliphatic carbocycles. The van der Waals surface area contributed by atoms with Crippen LogP contribution in [0.1, 0.15) is 24.0 Å². The van der Waals surface area contributed by atoms with E-state index in [2.05, 4.69) is 101 Å². The van der Waals surface area contributed by atoms with Crippen molar-refractivity contribution in [1.29, 1.82) is 0 Å². The molecule has 4 aromatic carbocycles. The molecule has 0 aliphatic heterocycles. The summed E-state index contributed by atoms with van der Waals surface area (Å²) in [6.07, 6.45) is 4.27. The van der Waals surface area contributed by atoms with E-state index in [1.165, 1.54) is 32.7 Å². The quantitative estimate of drug-likeness (QED) is 0.203. The first-order valence-electron chi connectivity index (χ1n) is 13.0. The maximum absolute atomic E-state index is 6.20. The Labute approximate surface area is 210 Å². The zero-order valence-corrected chi connectivity index (χ0v) is 21.0. The second-order valence-electron chi connectivity index (χ2n) is 9.51. The molecule has 184 valence electrons. The second kappa shape index (κ2) is 13.4. The van der Waals surface area contributed by atoms with E-state index in [-0.39, 0.29) is 6.04 Å². The summed E-state index contributed by atoms with van der Waals surface area (Å²) < 4.78 is 0. The lowest BCUT2D eigenvalue weighted by Crippen LogP contribution is -2.46. The van der Waals surface area contributed by atoms with E-state index in [9.17, 15) is 0 Å². The average Bonchev–Trinajstić information content (AvgIpc) is 2.90. The van der Waals surface area contributed by atoms with E-state index in [1.807, 2.05) is 7.05 Å². The highest BCUT2D eigenvalue weighted by Crippen LogP contribution is 2.20. The van der Waals surface area contributed by atoms with Crippen molar-refractivity contribution in [1.82, 2.24) is 16.0 Å². The maximum Gasteiger partial charge on any atom is 0.0231 e. The number of hydrogen-bond donors (Lipinski definition) is 4. The van der Waals surface area contributed by atoms with Gasteiger partial charge in [0.05, 0.1) is 0 Å². The fourth-order valence-corrected chi connectivity index (χ4v) is 4.90. The topological polar surface area (TPSA) is 62.1 Å². The van der Waals surface area contributed by atoms with E-state index < -0.39 is 0 Å². The summed E-state index contributed by atoms with van der Waals surface area (Å²) in [4.78, 5) is 0. The molecule has 0 saturated heterocycles. The third-order valence-corrected chi connectivity index (χ3v) is 6.92. The smallest absolute Gasteiger partial charge is 0.0231 e. The summed E-state index contributed by atoms with van der Waals surface area (Å²) in [6, 6.07) is 31.3. The summed E-state index contributed by atoms with van der Waals surface area (Å²) >= 11 is 0. The second-order valence-corrected chi connectivity index (χ2v) is 9.51. The molecule has 35 heavy (non-hydrogen) atoms. The molecular formula is C31H40N4. The molecule has 4 nitrogen and oxygen atoms in total. The van der Waals surface area contributed by atoms with Gasteiger partial charge < -0.3 is 21.7 Å². The van der Waals surface area contributed by atoms with E-state index in [0.29, 0.717) is 12.6 Å². The van der Waals surface area contributed by atoms with E-state index in [1.54, 1.807) is 0 Å². The highest BCUT2D eigenvalue weighted by atomic mass is 15.0. The van der Waals surface area contributed by atoms with Crippen LogP contribution < -0.4 is 21.7 Å². The molecule has 0 aromatic heterocycles. The molecule has 2 atom stereocenters. The van der Waals surface area contributed by atoms with Gasteiger partial charge in [0.15, 0.2) is 0 Å². The molecule has 1 unspecified atom stereocenters. The molecule has 0 bridgehead atoms. The first-order valence-corrected chi connectivity index (χ1v) is 13.0. The first kappa shape index (κ1) is 25.3. The first-order chi connectivity index (χ1) is 17.3. The Morgan fingerprint density at radius 3 is 2.34 bits per heavy atom. The Hall–Kier alpha value is -2.76. The van der Waals surface area contributed by atoms with Gasteiger partial charge in [0.2, 0.25) is 0 Å². The van der Waals surface area contributed by atoms with Crippen molar-refractivity contribution in [2.75, 3.05) is 33.2 Å². The van der Waals surface area contributed by atoms with Crippen LogP contribution in [0.4, 0.5) is 0 Å². The van der Waals surface area contributed by atoms with E-state index in [0.717, 1.165) is 45.3 Å². The van der Waals surface area contributed by atoms with Crippen LogP contribution >= 0.6 is 0 Å². The zero-order chi connectivity index (χ0) is 24.3. The fourth-order valence-electron chi connectivity index (χ4n) is 4.90. The Bertz CT molecular complexity index is 1180. The Morgan fingerprint density at radius 2 is 1.51 bits per heavy atom. The van der Waals surface area contributed by atoms with Crippen LogP contribution in [0.5, 0.6) is 0 Å². The van der Waals surface area contributed by atoms with Gasteiger partial charge in [-0.3, -0.25) is 0 Å². The number of fused-ring (bicyclic) bond motifs is 2. The average molecular weight is 469 g/mol. The molecule has 4 aromatic rings. The van der Waals surface area contributed by atoms with Gasteiger partial charge in [-0.1, -0.05) is 84.9 Å². The number of benzene rings is 4. The van der Waals surface area contributed by atoms with Crippen LogP contribution in [-0.4, -0.2) is 45.3 Å². The van der Waals surface area contributed by atoms with E-state index in [4.69, 9.17) is 5.73 Å². The molecule has 0 radical (unpaired) electrons. The number of rotatable bonds is 14. The largest absolute Gasteiger partial charge is 0.329 e. The van der Waals surface area contributed by atoms with Gasteiger partial charge in [-0.2, -0.15) is 0 Å². The normalized spacial score (nSPS) is 13.3. The van der Waals surface area contributed by atoms with Crippen molar-refractivity contribution in [2.45, 2.75) is 37.8 Å². The summed E-state index contributed by atoms with van der Waals surface area (Å²) in [5, 5.41) is 16.1. The van der Waals surface area contributed by atoms with Crippen LogP contribution in [0.3, 0.4) is 0 Å². The van der Waals surface area contributed by atoms with Crippen LogP contribution in [0.15, 0.2) is 84.9 Å². The molecule has 4 rings (SSSR count). The highest BCUT2D eigenvalue weighted by Gasteiger charge is 2.14. The number of nitrogens with one attached hydrogen (secondary N) is 3. The van der Waals surface area contributed by atoms with Crippen LogP contribution in [-0.2, 0) is 12.8 Å². The minimum Gasteiger partial charge on any atom is -0.329 e. The minimum absolute atomic E-state index is 0.259. The fraction of sp³-hybridized carbons (Fsp3) is 0.355. The SMILES string of the molecule is CNCCCC(CN[C@H](CN)Cc1cccc2ccccc12)NCCc1ccc2ccccc2c1. The van der Waals surface area contributed by atoms with Gasteiger partial charge in [-0.25, -0.2) is 0 Å². The van der Waals surface area contributed by atoms with Crippen LogP contribution in [0, 0.1) is 0 Å². The number of nitrogens with two attached hydrogens (primary N) is 1. The minimum atomic E-state index is 0.259. The van der Waals surface area contributed by atoms with Crippen molar-refractivity contribution in [3.05, 3.63) is 96.1 Å². The predicted octanol–water partition coefficient (Wildman–Crippen LogP) is 4.65. The number of hydrogen-bond acceptors (Lipinski definition) is 4. The molecule has 0 spiro atoms. The molecule has 4 heteroatoms. The summed E-state index contributed by atoms with van der Waals surface area (Å²) in [5.74, 6) is 0. The van der Waals surface area contributed by atoms with Gasteiger partial charge in [0.1, 0.15) is 0 Å². The van der Waals surface area contributed by atoms with Crippen LogP contribution in [0.2, 0.25) is 0 Å². The van der Waals surface area contributed by atoms with Crippen molar-refractivity contribution in [3.63, 3.8) is 0 Å². The third-order valence-electron chi connectivity index (χ3n) is 6.92.